The van der Waals surface area contributed by atoms with Crippen LogP contribution in [0.3, 0.4) is 0 Å². The molecule has 0 radical (unpaired) electrons. The van der Waals surface area contributed by atoms with Gasteiger partial charge in [-0.15, -0.1) is 0 Å². The fourth-order valence-corrected chi connectivity index (χ4v) is 2.55. The lowest BCUT2D eigenvalue weighted by Crippen LogP contribution is -2.40. The molecule has 1 aliphatic rings. The molecule has 3 heteroatoms. The lowest BCUT2D eigenvalue weighted by Gasteiger charge is -2.29. The van der Waals surface area contributed by atoms with E-state index in [2.05, 4.69) is 44.7 Å². The Kier molecular flexibility index (Phi) is 4.56. The Hall–Kier alpha value is -0.120. The Morgan fingerprint density at radius 2 is 1.93 bits per heavy atom. The molecule has 1 aliphatic heterocycles. The topological polar surface area (TPSA) is 32.5 Å². The molecule has 0 aromatic rings. The van der Waals surface area contributed by atoms with Crippen molar-refractivity contribution in [2.45, 2.75) is 32.9 Å². The van der Waals surface area contributed by atoms with Crippen molar-refractivity contribution in [1.82, 2.24) is 9.80 Å². The Bertz CT molecular complexity index is 193. The molecule has 0 bridgehead atoms. The molecular weight excluding hydrogens is 186 g/mol. The molecule has 0 aliphatic carbocycles. The van der Waals surface area contributed by atoms with E-state index in [9.17, 15) is 0 Å². The van der Waals surface area contributed by atoms with Crippen molar-refractivity contribution in [3.05, 3.63) is 0 Å². The van der Waals surface area contributed by atoms with Gasteiger partial charge in [-0.25, -0.2) is 0 Å². The van der Waals surface area contributed by atoms with E-state index in [1.165, 1.54) is 13.1 Å². The summed E-state index contributed by atoms with van der Waals surface area (Å²) in [5, 5.41) is 0. The highest BCUT2D eigenvalue weighted by molar-refractivity contribution is 4.90. The van der Waals surface area contributed by atoms with Crippen LogP contribution in [0.25, 0.3) is 0 Å². The van der Waals surface area contributed by atoms with Gasteiger partial charge in [-0.05, 0) is 39.4 Å². The van der Waals surface area contributed by atoms with Gasteiger partial charge in [-0.1, -0.05) is 13.8 Å². The first kappa shape index (κ1) is 12.9. The Balaban J connectivity index is 2.54. The number of hydrogen-bond donors (Lipinski definition) is 1. The predicted octanol–water partition coefficient (Wildman–Crippen LogP) is 0.852. The van der Waals surface area contributed by atoms with Crippen LogP contribution < -0.4 is 5.73 Å². The lowest BCUT2D eigenvalue weighted by molar-refractivity contribution is 0.184. The summed E-state index contributed by atoms with van der Waals surface area (Å²) in [4.78, 5) is 4.94. The standard InChI is InChI=1S/C12H27N3/c1-9(6-13)11(3)15-7-10(2)12(8-15)14(4)5/h9-12H,6-8,13H2,1-5H3. The third-order valence-corrected chi connectivity index (χ3v) is 4.04. The van der Waals surface area contributed by atoms with Crippen LogP contribution in [0.4, 0.5) is 0 Å². The first-order valence-corrected chi connectivity index (χ1v) is 6.07. The predicted molar refractivity (Wildman–Crippen MR) is 65.9 cm³/mol. The summed E-state index contributed by atoms with van der Waals surface area (Å²) in [6, 6.07) is 1.32. The van der Waals surface area contributed by atoms with Gasteiger partial charge in [0.15, 0.2) is 0 Å². The van der Waals surface area contributed by atoms with E-state index >= 15 is 0 Å². The zero-order valence-corrected chi connectivity index (χ0v) is 10.9. The fraction of sp³-hybridized carbons (Fsp3) is 1.00. The Morgan fingerprint density at radius 1 is 1.33 bits per heavy atom. The molecule has 0 saturated carbocycles. The van der Waals surface area contributed by atoms with Crippen molar-refractivity contribution in [1.29, 1.82) is 0 Å². The SMILES string of the molecule is CC1CN(C(C)C(C)CN)CC1N(C)C. The smallest absolute Gasteiger partial charge is 0.0254 e. The molecule has 4 unspecified atom stereocenters. The van der Waals surface area contributed by atoms with Gasteiger partial charge >= 0.3 is 0 Å². The van der Waals surface area contributed by atoms with Crippen LogP contribution in [0.2, 0.25) is 0 Å². The summed E-state index contributed by atoms with van der Waals surface area (Å²) >= 11 is 0. The molecule has 1 fully saturated rings. The molecule has 15 heavy (non-hydrogen) atoms. The summed E-state index contributed by atoms with van der Waals surface area (Å²) in [6.07, 6.45) is 0. The van der Waals surface area contributed by atoms with Crippen LogP contribution in [0.15, 0.2) is 0 Å². The monoisotopic (exact) mass is 213 g/mol. The van der Waals surface area contributed by atoms with Crippen molar-refractivity contribution in [3.8, 4) is 0 Å². The molecule has 0 amide bonds. The van der Waals surface area contributed by atoms with Crippen LogP contribution in [-0.4, -0.2) is 55.6 Å². The molecule has 2 N–H and O–H groups in total. The zero-order chi connectivity index (χ0) is 11.6. The first-order chi connectivity index (χ1) is 6.97. The summed E-state index contributed by atoms with van der Waals surface area (Å²) in [7, 11) is 4.36. The molecule has 0 aromatic heterocycles. The molecule has 4 atom stereocenters. The summed E-state index contributed by atoms with van der Waals surface area (Å²) in [5.74, 6) is 1.37. The highest BCUT2D eigenvalue weighted by Crippen LogP contribution is 2.24. The van der Waals surface area contributed by atoms with Gasteiger partial charge in [-0.2, -0.15) is 0 Å². The largest absolute Gasteiger partial charge is 0.330 e. The maximum absolute atomic E-state index is 5.73. The average molecular weight is 213 g/mol. The summed E-state index contributed by atoms with van der Waals surface area (Å²) in [6.45, 7) is 10.1. The van der Waals surface area contributed by atoms with Gasteiger partial charge in [0.1, 0.15) is 0 Å². The van der Waals surface area contributed by atoms with Gasteiger partial charge in [0.25, 0.3) is 0 Å². The van der Waals surface area contributed by atoms with Gasteiger partial charge in [0.05, 0.1) is 0 Å². The molecular formula is C12H27N3. The zero-order valence-electron chi connectivity index (χ0n) is 10.9. The minimum absolute atomic E-state index is 0.595. The first-order valence-electron chi connectivity index (χ1n) is 6.07. The van der Waals surface area contributed by atoms with Crippen molar-refractivity contribution in [2.24, 2.45) is 17.6 Å². The number of hydrogen-bond acceptors (Lipinski definition) is 3. The number of nitrogens with two attached hydrogens (primary N) is 1. The third kappa shape index (κ3) is 2.92. The number of nitrogens with zero attached hydrogens (tertiary/aromatic N) is 2. The second-order valence-corrected chi connectivity index (χ2v) is 5.42. The molecule has 0 spiro atoms. The molecule has 1 heterocycles. The number of likely N-dealkylation sites (N-methyl/N-ethyl adjacent to an activating group) is 1. The van der Waals surface area contributed by atoms with E-state index in [4.69, 9.17) is 5.73 Å². The molecule has 1 rings (SSSR count). The van der Waals surface area contributed by atoms with E-state index in [0.717, 1.165) is 12.5 Å². The van der Waals surface area contributed by atoms with E-state index in [1.54, 1.807) is 0 Å². The van der Waals surface area contributed by atoms with Gasteiger partial charge in [0.2, 0.25) is 0 Å². The van der Waals surface area contributed by atoms with Crippen molar-refractivity contribution in [3.63, 3.8) is 0 Å². The van der Waals surface area contributed by atoms with Crippen LogP contribution in [0.1, 0.15) is 20.8 Å². The molecule has 0 aromatic carbocycles. The minimum atomic E-state index is 0.595. The minimum Gasteiger partial charge on any atom is -0.330 e. The lowest BCUT2D eigenvalue weighted by atomic mass is 10.0. The summed E-state index contributed by atoms with van der Waals surface area (Å²) in [5.41, 5.74) is 5.73. The van der Waals surface area contributed by atoms with Crippen LogP contribution in [-0.2, 0) is 0 Å². The quantitative estimate of drug-likeness (QED) is 0.751. The Labute approximate surface area is 94.6 Å². The second-order valence-electron chi connectivity index (χ2n) is 5.42. The number of likely N-dealkylation sites (tertiary alicyclic amines) is 1. The fourth-order valence-electron chi connectivity index (χ4n) is 2.55. The van der Waals surface area contributed by atoms with E-state index in [0.29, 0.717) is 18.0 Å². The summed E-state index contributed by atoms with van der Waals surface area (Å²) < 4.78 is 0. The van der Waals surface area contributed by atoms with Crippen molar-refractivity contribution >= 4 is 0 Å². The van der Waals surface area contributed by atoms with Gasteiger partial charge in [0, 0.05) is 25.2 Å². The third-order valence-electron chi connectivity index (χ3n) is 4.04. The van der Waals surface area contributed by atoms with E-state index in [-0.39, 0.29) is 0 Å². The van der Waals surface area contributed by atoms with Crippen LogP contribution in [0.5, 0.6) is 0 Å². The Morgan fingerprint density at radius 3 is 2.33 bits per heavy atom. The van der Waals surface area contributed by atoms with Crippen molar-refractivity contribution in [2.75, 3.05) is 33.7 Å². The molecule has 3 nitrogen and oxygen atoms in total. The van der Waals surface area contributed by atoms with Crippen LogP contribution in [0, 0.1) is 11.8 Å². The number of rotatable bonds is 4. The van der Waals surface area contributed by atoms with Gasteiger partial charge < -0.3 is 10.6 Å². The van der Waals surface area contributed by atoms with Crippen LogP contribution >= 0.6 is 0 Å². The average Bonchev–Trinajstić information content (AvgIpc) is 2.58. The highest BCUT2D eigenvalue weighted by Gasteiger charge is 2.34. The highest BCUT2D eigenvalue weighted by atomic mass is 15.3. The molecule has 1 saturated heterocycles. The molecule has 90 valence electrons. The van der Waals surface area contributed by atoms with Gasteiger partial charge in [-0.3, -0.25) is 4.90 Å². The van der Waals surface area contributed by atoms with E-state index < -0.39 is 0 Å². The van der Waals surface area contributed by atoms with Crippen molar-refractivity contribution < 1.29 is 0 Å². The maximum Gasteiger partial charge on any atom is 0.0254 e. The maximum atomic E-state index is 5.73. The normalized spacial score (nSPS) is 32.2. The van der Waals surface area contributed by atoms with E-state index in [1.807, 2.05) is 0 Å². The second kappa shape index (κ2) is 5.28.